The van der Waals surface area contributed by atoms with Gasteiger partial charge in [-0.2, -0.15) is 0 Å². The molecule has 138 valence electrons. The molecule has 7 nitrogen and oxygen atoms in total. The SMILES string of the molecule is C=CCCCC(=O)N(C(=O)CCCC=C)C(CC(=O)O)C(=O)OC=C. The van der Waals surface area contributed by atoms with E-state index in [9.17, 15) is 19.2 Å². The highest BCUT2D eigenvalue weighted by Crippen LogP contribution is 2.15. The van der Waals surface area contributed by atoms with Crippen molar-refractivity contribution in [1.82, 2.24) is 4.90 Å². The Labute approximate surface area is 147 Å². The van der Waals surface area contributed by atoms with Gasteiger partial charge in [0.15, 0.2) is 0 Å². The Morgan fingerprint density at radius 2 is 1.44 bits per heavy atom. The number of carboxylic acids is 1. The van der Waals surface area contributed by atoms with Gasteiger partial charge < -0.3 is 9.84 Å². The number of esters is 1. The Kier molecular flexibility index (Phi) is 11.3. The van der Waals surface area contributed by atoms with Gasteiger partial charge in [0.1, 0.15) is 6.04 Å². The summed E-state index contributed by atoms with van der Waals surface area (Å²) in [6.07, 6.45) is 5.36. The highest BCUT2D eigenvalue weighted by atomic mass is 16.5. The van der Waals surface area contributed by atoms with Crippen molar-refractivity contribution >= 4 is 23.8 Å². The number of hydrogen-bond acceptors (Lipinski definition) is 5. The van der Waals surface area contributed by atoms with E-state index in [4.69, 9.17) is 5.11 Å². The van der Waals surface area contributed by atoms with Crippen molar-refractivity contribution in [1.29, 1.82) is 0 Å². The van der Waals surface area contributed by atoms with Crippen LogP contribution in [0.25, 0.3) is 0 Å². The maximum Gasteiger partial charge on any atom is 0.334 e. The van der Waals surface area contributed by atoms with Gasteiger partial charge in [-0.05, 0) is 25.7 Å². The number of amides is 2. The van der Waals surface area contributed by atoms with E-state index in [0.29, 0.717) is 30.6 Å². The molecule has 0 aliphatic heterocycles. The van der Waals surface area contributed by atoms with E-state index in [1.807, 2.05) is 0 Å². The number of unbranched alkanes of at least 4 members (excludes halogenated alkanes) is 2. The maximum atomic E-state index is 12.4. The molecule has 0 saturated carbocycles. The molecule has 1 unspecified atom stereocenters. The Bertz CT molecular complexity index is 500. The highest BCUT2D eigenvalue weighted by molar-refractivity contribution is 6.00. The Morgan fingerprint density at radius 3 is 1.80 bits per heavy atom. The Balaban J connectivity index is 5.46. The number of ether oxygens (including phenoxy) is 1. The normalized spacial score (nSPS) is 11.0. The van der Waals surface area contributed by atoms with Crippen LogP contribution < -0.4 is 0 Å². The van der Waals surface area contributed by atoms with Gasteiger partial charge in [0.05, 0.1) is 12.7 Å². The molecule has 1 atom stereocenters. The topological polar surface area (TPSA) is 101 Å². The molecular formula is C18H25NO6. The minimum Gasteiger partial charge on any atom is -0.481 e. The van der Waals surface area contributed by atoms with E-state index in [-0.39, 0.29) is 12.8 Å². The predicted octanol–water partition coefficient (Wildman–Crippen LogP) is 2.58. The number of rotatable bonds is 13. The summed E-state index contributed by atoms with van der Waals surface area (Å²) < 4.78 is 4.62. The molecule has 25 heavy (non-hydrogen) atoms. The van der Waals surface area contributed by atoms with Crippen LogP contribution >= 0.6 is 0 Å². The average molecular weight is 351 g/mol. The molecule has 0 aromatic carbocycles. The standard InChI is InChI=1S/C18H25NO6/c1-4-7-9-11-15(20)19(16(21)12-10-8-5-2)14(13-17(22)23)18(24)25-6-3/h4-6,14H,1-3,7-13H2,(H,22,23). The van der Waals surface area contributed by atoms with E-state index in [0.717, 1.165) is 6.26 Å². The molecule has 0 fully saturated rings. The van der Waals surface area contributed by atoms with Crippen LogP contribution in [0.15, 0.2) is 38.2 Å². The fourth-order valence-corrected chi connectivity index (χ4v) is 2.13. The number of carbonyl (C=O) groups excluding carboxylic acids is 3. The molecule has 0 aliphatic rings. The van der Waals surface area contributed by atoms with E-state index >= 15 is 0 Å². The van der Waals surface area contributed by atoms with Crippen molar-refractivity contribution < 1.29 is 29.0 Å². The number of carboxylic acid groups (broad SMARTS) is 1. The zero-order valence-electron chi connectivity index (χ0n) is 14.3. The molecule has 0 bridgehead atoms. The minimum atomic E-state index is -1.53. The molecule has 1 N–H and O–H groups in total. The van der Waals surface area contributed by atoms with E-state index in [2.05, 4.69) is 24.5 Å². The second-order valence-corrected chi connectivity index (χ2v) is 5.24. The first kappa shape index (κ1) is 22.3. The predicted molar refractivity (Wildman–Crippen MR) is 92.3 cm³/mol. The third kappa shape index (κ3) is 8.64. The third-order valence-electron chi connectivity index (χ3n) is 3.29. The van der Waals surface area contributed by atoms with Gasteiger partial charge in [0.25, 0.3) is 0 Å². The monoisotopic (exact) mass is 351 g/mol. The van der Waals surface area contributed by atoms with Gasteiger partial charge >= 0.3 is 11.9 Å². The fourth-order valence-electron chi connectivity index (χ4n) is 2.13. The molecule has 0 aromatic heterocycles. The zero-order valence-corrected chi connectivity index (χ0v) is 14.3. The van der Waals surface area contributed by atoms with Crippen LogP contribution in [0.1, 0.15) is 44.9 Å². The zero-order chi connectivity index (χ0) is 19.2. The van der Waals surface area contributed by atoms with Crippen molar-refractivity contribution in [3.8, 4) is 0 Å². The lowest BCUT2D eigenvalue weighted by Gasteiger charge is -2.27. The molecule has 0 heterocycles. The van der Waals surface area contributed by atoms with Crippen LogP contribution in [0.4, 0.5) is 0 Å². The molecule has 0 rings (SSSR count). The number of allylic oxidation sites excluding steroid dienone is 2. The lowest BCUT2D eigenvalue weighted by atomic mass is 10.1. The van der Waals surface area contributed by atoms with Crippen molar-refractivity contribution in [2.75, 3.05) is 0 Å². The summed E-state index contributed by atoms with van der Waals surface area (Å²) in [5, 5.41) is 9.03. The van der Waals surface area contributed by atoms with E-state index in [1.54, 1.807) is 12.2 Å². The van der Waals surface area contributed by atoms with Crippen LogP contribution in [0.2, 0.25) is 0 Å². The van der Waals surface area contributed by atoms with Crippen LogP contribution in [-0.4, -0.2) is 39.8 Å². The summed E-state index contributed by atoms with van der Waals surface area (Å²) in [5.74, 6) is -3.56. The summed E-state index contributed by atoms with van der Waals surface area (Å²) in [6, 6.07) is -1.53. The van der Waals surface area contributed by atoms with E-state index in [1.165, 1.54) is 0 Å². The molecule has 0 spiro atoms. The summed E-state index contributed by atoms with van der Waals surface area (Å²) in [4.78, 5) is 48.7. The van der Waals surface area contributed by atoms with Crippen molar-refractivity contribution in [3.63, 3.8) is 0 Å². The van der Waals surface area contributed by atoms with Gasteiger partial charge in [0.2, 0.25) is 11.8 Å². The van der Waals surface area contributed by atoms with Crippen LogP contribution in [0, 0.1) is 0 Å². The quantitative estimate of drug-likeness (QED) is 0.237. The summed E-state index contributed by atoms with van der Waals surface area (Å²) in [6.45, 7) is 10.3. The molecule has 7 heteroatoms. The summed E-state index contributed by atoms with van der Waals surface area (Å²) in [7, 11) is 0. The molecule has 0 aliphatic carbocycles. The smallest absolute Gasteiger partial charge is 0.334 e. The average Bonchev–Trinajstić information content (AvgIpc) is 2.54. The van der Waals surface area contributed by atoms with Crippen molar-refractivity contribution in [2.24, 2.45) is 0 Å². The molecular weight excluding hydrogens is 326 g/mol. The lowest BCUT2D eigenvalue weighted by molar-refractivity contribution is -0.161. The van der Waals surface area contributed by atoms with E-state index < -0.39 is 36.2 Å². The van der Waals surface area contributed by atoms with Gasteiger partial charge in [-0.3, -0.25) is 19.3 Å². The summed E-state index contributed by atoms with van der Waals surface area (Å²) in [5.41, 5.74) is 0. The fraction of sp³-hybridized carbons (Fsp3) is 0.444. The molecule has 0 saturated heterocycles. The third-order valence-corrected chi connectivity index (χ3v) is 3.29. The molecule has 2 amide bonds. The van der Waals surface area contributed by atoms with Gasteiger partial charge in [-0.15, -0.1) is 13.2 Å². The van der Waals surface area contributed by atoms with Crippen LogP contribution in [-0.2, 0) is 23.9 Å². The number of aliphatic carboxylic acids is 1. The molecule has 0 aromatic rings. The van der Waals surface area contributed by atoms with Crippen LogP contribution in [0.3, 0.4) is 0 Å². The first-order valence-electron chi connectivity index (χ1n) is 7.98. The summed E-state index contributed by atoms with van der Waals surface area (Å²) >= 11 is 0. The van der Waals surface area contributed by atoms with Crippen molar-refractivity contribution in [3.05, 3.63) is 38.2 Å². The van der Waals surface area contributed by atoms with Gasteiger partial charge in [0, 0.05) is 12.8 Å². The minimum absolute atomic E-state index is 0.00327. The Hall–Kier alpha value is -2.70. The number of carbonyl (C=O) groups is 4. The second kappa shape index (κ2) is 12.7. The maximum absolute atomic E-state index is 12.4. The first-order chi connectivity index (χ1) is 11.9. The number of nitrogens with zero attached hydrogens (tertiary/aromatic N) is 1. The van der Waals surface area contributed by atoms with Crippen LogP contribution in [0.5, 0.6) is 0 Å². The highest BCUT2D eigenvalue weighted by Gasteiger charge is 2.36. The lowest BCUT2D eigenvalue weighted by Crippen LogP contribution is -2.50. The van der Waals surface area contributed by atoms with Gasteiger partial charge in [-0.25, -0.2) is 4.79 Å². The van der Waals surface area contributed by atoms with Crippen molar-refractivity contribution in [2.45, 2.75) is 51.0 Å². The number of hydrogen-bond donors (Lipinski definition) is 1. The number of imide groups is 1. The molecule has 0 radical (unpaired) electrons. The first-order valence-corrected chi connectivity index (χ1v) is 7.98. The largest absolute Gasteiger partial charge is 0.481 e. The van der Waals surface area contributed by atoms with Gasteiger partial charge in [-0.1, -0.05) is 18.7 Å². The second-order valence-electron chi connectivity index (χ2n) is 5.24. The Morgan fingerprint density at radius 1 is 0.960 bits per heavy atom.